The molecule has 15 nitrogen and oxygen atoms in total. The molecule has 4 rings (SSSR count). The predicted octanol–water partition coefficient (Wildman–Crippen LogP) is 0.0807. The molecular weight excluding hydrogens is 560 g/mol. The number of amides is 2. The van der Waals surface area contributed by atoms with Crippen LogP contribution >= 0.6 is 15.6 Å². The molecule has 0 saturated carbocycles. The van der Waals surface area contributed by atoms with Gasteiger partial charge in [-0.2, -0.15) is 4.31 Å². The van der Waals surface area contributed by atoms with Crippen LogP contribution in [-0.2, 0) is 38.8 Å². The van der Waals surface area contributed by atoms with Gasteiger partial charge >= 0.3 is 15.6 Å². The first-order chi connectivity index (χ1) is 18.3. The lowest BCUT2D eigenvalue weighted by molar-refractivity contribution is -0.147. The van der Waals surface area contributed by atoms with Crippen LogP contribution in [-0.4, -0.2) is 89.9 Å². The lowest BCUT2D eigenvalue weighted by Gasteiger charge is -2.30. The SMILES string of the molecule is Cc1ccccc1-c1ccnc(CN2C(=O)C=NC([C@@H]3O[C@H](COP(=O)(O)OP(=O)(O)O)C(O)C3O)C2=O)c1. The Kier molecular flexibility index (Phi) is 8.59. The number of carbonyl (C=O) groups is 2. The van der Waals surface area contributed by atoms with Crippen LogP contribution in [0.2, 0.25) is 0 Å². The zero-order valence-electron chi connectivity index (χ0n) is 20.2. The number of aromatic nitrogens is 1. The highest BCUT2D eigenvalue weighted by Gasteiger charge is 2.51. The predicted molar refractivity (Wildman–Crippen MR) is 132 cm³/mol. The van der Waals surface area contributed by atoms with E-state index in [2.05, 4.69) is 18.8 Å². The normalized spacial score (nSPS) is 27.1. The van der Waals surface area contributed by atoms with Gasteiger partial charge in [-0.25, -0.2) is 9.13 Å². The number of carbonyl (C=O) groups excluding carboxylic acids is 2. The Morgan fingerprint density at radius 3 is 2.49 bits per heavy atom. The van der Waals surface area contributed by atoms with Gasteiger partial charge in [0.2, 0.25) is 0 Å². The number of pyridine rings is 1. The van der Waals surface area contributed by atoms with Gasteiger partial charge in [-0.3, -0.25) is 29.0 Å². The van der Waals surface area contributed by atoms with Crippen LogP contribution < -0.4 is 0 Å². The van der Waals surface area contributed by atoms with Crippen molar-refractivity contribution in [2.75, 3.05) is 6.61 Å². The van der Waals surface area contributed by atoms with E-state index in [1.807, 2.05) is 31.2 Å². The monoisotopic (exact) mass is 585 g/mol. The maximum atomic E-state index is 13.2. The van der Waals surface area contributed by atoms with Crippen LogP contribution in [0.5, 0.6) is 0 Å². The molecule has 6 atom stereocenters. The molecule has 1 fully saturated rings. The summed E-state index contributed by atoms with van der Waals surface area (Å²) in [7, 11) is -10.6. The average molecular weight is 585 g/mol. The van der Waals surface area contributed by atoms with Crippen molar-refractivity contribution in [1.29, 1.82) is 0 Å². The topological polar surface area (TPSA) is 226 Å². The van der Waals surface area contributed by atoms with Gasteiger partial charge in [-0.05, 0) is 35.7 Å². The van der Waals surface area contributed by atoms with Gasteiger partial charge in [0.25, 0.3) is 11.8 Å². The number of aryl methyl sites for hydroxylation is 1. The summed E-state index contributed by atoms with van der Waals surface area (Å²) in [5, 5.41) is 20.8. The Morgan fingerprint density at radius 1 is 1.08 bits per heavy atom. The molecule has 2 amide bonds. The third-order valence-electron chi connectivity index (χ3n) is 6.05. The zero-order chi connectivity index (χ0) is 28.5. The van der Waals surface area contributed by atoms with Gasteiger partial charge < -0.3 is 29.6 Å². The van der Waals surface area contributed by atoms with Crippen molar-refractivity contribution in [3.63, 3.8) is 0 Å². The van der Waals surface area contributed by atoms with Crippen molar-refractivity contribution < 1.29 is 57.2 Å². The number of ether oxygens (including phenoxy) is 1. The summed E-state index contributed by atoms with van der Waals surface area (Å²) >= 11 is 0. The van der Waals surface area contributed by atoms with E-state index in [1.165, 1.54) is 0 Å². The lowest BCUT2D eigenvalue weighted by Crippen LogP contribution is -2.53. The Morgan fingerprint density at radius 2 is 1.79 bits per heavy atom. The van der Waals surface area contributed by atoms with Crippen molar-refractivity contribution in [3.8, 4) is 11.1 Å². The molecule has 3 heterocycles. The van der Waals surface area contributed by atoms with Gasteiger partial charge in [0.05, 0.1) is 25.1 Å². The van der Waals surface area contributed by atoms with Gasteiger partial charge in [0.1, 0.15) is 24.4 Å². The van der Waals surface area contributed by atoms with Crippen LogP contribution in [0.25, 0.3) is 11.1 Å². The van der Waals surface area contributed by atoms with Crippen LogP contribution in [0, 0.1) is 6.92 Å². The third kappa shape index (κ3) is 6.91. The summed E-state index contributed by atoms with van der Waals surface area (Å²) in [5.41, 5.74) is 3.18. The minimum Gasteiger partial charge on any atom is -0.388 e. The molecule has 39 heavy (non-hydrogen) atoms. The molecule has 4 unspecified atom stereocenters. The maximum Gasteiger partial charge on any atom is 0.481 e. The Labute approximate surface area is 221 Å². The first-order valence-electron chi connectivity index (χ1n) is 11.4. The second-order valence-corrected chi connectivity index (χ2v) is 11.6. The molecule has 1 aromatic heterocycles. The third-order valence-corrected chi connectivity index (χ3v) is 8.20. The zero-order valence-corrected chi connectivity index (χ0v) is 22.0. The molecule has 0 spiro atoms. The fraction of sp³-hybridized carbons (Fsp3) is 0.364. The second-order valence-electron chi connectivity index (χ2n) is 8.79. The summed E-state index contributed by atoms with van der Waals surface area (Å²) in [5.74, 6) is -1.58. The number of hydrogen-bond acceptors (Lipinski definition) is 11. The quantitative estimate of drug-likeness (QED) is 0.194. The summed E-state index contributed by atoms with van der Waals surface area (Å²) in [6.45, 7) is 0.786. The Hall–Kier alpha value is -2.68. The van der Waals surface area contributed by atoms with Crippen molar-refractivity contribution in [1.82, 2.24) is 9.88 Å². The number of nitrogens with zero attached hydrogens (tertiary/aromatic N) is 3. The number of benzene rings is 1. The van der Waals surface area contributed by atoms with Crippen molar-refractivity contribution in [3.05, 3.63) is 53.9 Å². The molecule has 0 radical (unpaired) electrons. The van der Waals surface area contributed by atoms with Crippen LogP contribution in [0.15, 0.2) is 47.6 Å². The summed E-state index contributed by atoms with van der Waals surface area (Å²) in [6.07, 6.45) is -4.05. The van der Waals surface area contributed by atoms with E-state index in [1.54, 1.807) is 18.3 Å². The highest BCUT2D eigenvalue weighted by molar-refractivity contribution is 7.60. The molecule has 2 aliphatic rings. The summed E-state index contributed by atoms with van der Waals surface area (Å²) in [6, 6.07) is 9.70. The molecule has 210 valence electrons. The molecule has 2 aromatic rings. The van der Waals surface area contributed by atoms with Crippen molar-refractivity contribution in [2.24, 2.45) is 4.99 Å². The molecule has 0 bridgehead atoms. The van der Waals surface area contributed by atoms with Crippen LogP contribution in [0.1, 0.15) is 11.3 Å². The molecular formula is C22H25N3O12P2. The number of aliphatic imine (C=N–C) groups is 1. The van der Waals surface area contributed by atoms with Crippen molar-refractivity contribution >= 4 is 33.7 Å². The van der Waals surface area contributed by atoms with E-state index in [0.717, 1.165) is 27.8 Å². The maximum absolute atomic E-state index is 13.2. The minimum absolute atomic E-state index is 0.217. The standard InChI is InChI=1S/C22H25N3O12P2/c1-12-4-2-3-5-15(12)13-6-7-23-14(8-13)10-25-17(26)9-24-18(22(25)29)21-20(28)19(27)16(36-21)11-35-39(33,34)37-38(30,31)32/h2-9,16,18-21,27-28H,10-11H2,1H3,(H,33,34)(H2,30,31,32)/t16-,18?,19?,20?,21+/m1/s1. The first-order valence-corrected chi connectivity index (χ1v) is 14.4. The number of hydrogen-bond donors (Lipinski definition) is 5. The van der Waals surface area contributed by atoms with E-state index < -0.39 is 64.5 Å². The Balaban J connectivity index is 1.47. The fourth-order valence-electron chi connectivity index (χ4n) is 4.22. The molecule has 17 heteroatoms. The molecule has 1 saturated heterocycles. The molecule has 0 aliphatic carbocycles. The largest absolute Gasteiger partial charge is 0.481 e. The van der Waals surface area contributed by atoms with E-state index in [-0.39, 0.29) is 6.54 Å². The highest BCUT2D eigenvalue weighted by atomic mass is 31.3. The van der Waals surface area contributed by atoms with E-state index >= 15 is 0 Å². The van der Waals surface area contributed by atoms with Gasteiger partial charge in [0, 0.05) is 6.20 Å². The fourth-order valence-corrected chi connectivity index (χ4v) is 5.82. The van der Waals surface area contributed by atoms with Crippen LogP contribution in [0.3, 0.4) is 0 Å². The number of aliphatic hydroxyl groups is 2. The van der Waals surface area contributed by atoms with Gasteiger partial charge in [0.15, 0.2) is 6.04 Å². The number of aliphatic hydroxyl groups excluding tert-OH is 2. The Bertz CT molecular complexity index is 1380. The minimum atomic E-state index is -5.38. The van der Waals surface area contributed by atoms with Gasteiger partial charge in [-0.15, -0.1) is 0 Å². The number of phosphoric ester groups is 1. The second kappa shape index (κ2) is 11.4. The summed E-state index contributed by atoms with van der Waals surface area (Å²) < 4.78 is 36.0. The molecule has 2 aliphatic heterocycles. The summed E-state index contributed by atoms with van der Waals surface area (Å²) in [4.78, 5) is 61.5. The average Bonchev–Trinajstić information content (AvgIpc) is 3.13. The van der Waals surface area contributed by atoms with Crippen molar-refractivity contribution in [2.45, 2.75) is 43.9 Å². The van der Waals surface area contributed by atoms with E-state index in [9.17, 15) is 33.8 Å². The van der Waals surface area contributed by atoms with E-state index in [0.29, 0.717) is 5.69 Å². The number of phosphoric acid groups is 2. The van der Waals surface area contributed by atoms with E-state index in [4.69, 9.17) is 14.5 Å². The van der Waals surface area contributed by atoms with Crippen LogP contribution in [0.4, 0.5) is 0 Å². The highest BCUT2D eigenvalue weighted by Crippen LogP contribution is 2.57. The smallest absolute Gasteiger partial charge is 0.388 e. The number of rotatable bonds is 9. The molecule has 1 aromatic carbocycles. The first kappa shape index (κ1) is 29.3. The number of imide groups is 1. The lowest BCUT2D eigenvalue weighted by atomic mass is 10.00. The molecule has 5 N–H and O–H groups in total. The van der Waals surface area contributed by atoms with Gasteiger partial charge in [-0.1, -0.05) is 24.3 Å².